The summed E-state index contributed by atoms with van der Waals surface area (Å²) < 4.78 is 0. The van der Waals surface area contributed by atoms with Crippen molar-refractivity contribution in [3.63, 3.8) is 0 Å². The van der Waals surface area contributed by atoms with Crippen molar-refractivity contribution in [3.05, 3.63) is 36.5 Å². The van der Waals surface area contributed by atoms with Crippen LogP contribution in [0.4, 0.5) is 0 Å². The zero-order valence-electron chi connectivity index (χ0n) is 7.67. The molecular formula is C9H17N3. The Morgan fingerprint density at radius 1 is 1.58 bits per heavy atom. The van der Waals surface area contributed by atoms with Gasteiger partial charge in [0.05, 0.1) is 6.17 Å². The van der Waals surface area contributed by atoms with Gasteiger partial charge in [-0.2, -0.15) is 0 Å². The Labute approximate surface area is 74.0 Å². The lowest BCUT2D eigenvalue weighted by molar-refractivity contribution is 0.524. The molecule has 0 fully saturated rings. The monoisotopic (exact) mass is 167 g/mol. The van der Waals surface area contributed by atoms with Gasteiger partial charge in [0.25, 0.3) is 0 Å². The average Bonchev–Trinajstić information content (AvgIpc) is 2.04. The number of rotatable bonds is 5. The second kappa shape index (κ2) is 6.79. The lowest BCUT2D eigenvalue weighted by Crippen LogP contribution is -2.45. The quantitative estimate of drug-likeness (QED) is 0.321. The number of nitrogens with one attached hydrogen (secondary N) is 2. The fourth-order valence-corrected chi connectivity index (χ4v) is 0.830. The molecule has 3 nitrogen and oxygen atoms in total. The summed E-state index contributed by atoms with van der Waals surface area (Å²) in [6.07, 6.45) is 7.26. The molecule has 3 heteroatoms. The van der Waals surface area contributed by atoms with E-state index in [-0.39, 0.29) is 6.17 Å². The Kier molecular flexibility index (Phi) is 6.28. The number of hydrogen-bond acceptors (Lipinski definition) is 3. The minimum Gasteiger partial charge on any atom is -0.311 e. The summed E-state index contributed by atoms with van der Waals surface area (Å²) in [5.41, 5.74) is 12.4. The summed E-state index contributed by atoms with van der Waals surface area (Å²) in [6.45, 7) is 5.56. The Balaban J connectivity index is 4.28. The van der Waals surface area contributed by atoms with E-state index in [1.54, 1.807) is 13.1 Å². The Bertz CT molecular complexity index is 182. The van der Waals surface area contributed by atoms with Crippen LogP contribution in [-0.4, -0.2) is 13.2 Å². The van der Waals surface area contributed by atoms with Crippen molar-refractivity contribution in [2.45, 2.75) is 13.1 Å². The first-order valence-electron chi connectivity index (χ1n) is 3.89. The molecule has 1 unspecified atom stereocenters. The Morgan fingerprint density at radius 3 is 2.67 bits per heavy atom. The maximum atomic E-state index is 5.76. The van der Waals surface area contributed by atoms with Crippen LogP contribution in [0.5, 0.6) is 0 Å². The van der Waals surface area contributed by atoms with Crippen LogP contribution in [0.3, 0.4) is 0 Å². The predicted molar refractivity (Wildman–Crippen MR) is 53.3 cm³/mol. The van der Waals surface area contributed by atoms with E-state index in [0.29, 0.717) is 0 Å². The molecule has 0 amide bonds. The smallest absolute Gasteiger partial charge is 0.0938 e. The van der Waals surface area contributed by atoms with Gasteiger partial charge >= 0.3 is 0 Å². The van der Waals surface area contributed by atoms with Crippen LogP contribution < -0.4 is 16.6 Å². The van der Waals surface area contributed by atoms with Crippen LogP contribution in [0, 0.1) is 0 Å². The van der Waals surface area contributed by atoms with Gasteiger partial charge in [0.1, 0.15) is 0 Å². The van der Waals surface area contributed by atoms with Crippen LogP contribution >= 0.6 is 0 Å². The Hall–Kier alpha value is -0.900. The summed E-state index contributed by atoms with van der Waals surface area (Å²) in [5.74, 6) is 0. The molecule has 0 aliphatic rings. The first-order valence-corrected chi connectivity index (χ1v) is 3.89. The van der Waals surface area contributed by atoms with Crippen molar-refractivity contribution in [1.29, 1.82) is 0 Å². The van der Waals surface area contributed by atoms with Gasteiger partial charge in [0.2, 0.25) is 0 Å². The van der Waals surface area contributed by atoms with Crippen molar-refractivity contribution in [2.75, 3.05) is 7.05 Å². The second-order valence-corrected chi connectivity index (χ2v) is 2.27. The maximum Gasteiger partial charge on any atom is 0.0938 e. The highest BCUT2D eigenvalue weighted by molar-refractivity contribution is 5.26. The first kappa shape index (κ1) is 11.1. The van der Waals surface area contributed by atoms with Gasteiger partial charge in [0.15, 0.2) is 0 Å². The molecule has 0 saturated carbocycles. The fourth-order valence-electron chi connectivity index (χ4n) is 0.830. The number of allylic oxidation sites excluding steroid dienone is 3. The number of nitrogens with two attached hydrogens (primary N) is 1. The molecule has 4 N–H and O–H groups in total. The molecule has 0 spiro atoms. The third kappa shape index (κ3) is 4.08. The van der Waals surface area contributed by atoms with E-state index in [9.17, 15) is 0 Å². The van der Waals surface area contributed by atoms with Crippen molar-refractivity contribution in [1.82, 2.24) is 10.9 Å². The molecular weight excluding hydrogens is 150 g/mol. The van der Waals surface area contributed by atoms with Gasteiger partial charge in [-0.25, -0.2) is 5.43 Å². The average molecular weight is 167 g/mol. The van der Waals surface area contributed by atoms with Gasteiger partial charge in [0, 0.05) is 0 Å². The largest absolute Gasteiger partial charge is 0.311 e. The zero-order chi connectivity index (χ0) is 9.40. The van der Waals surface area contributed by atoms with E-state index >= 15 is 0 Å². The van der Waals surface area contributed by atoms with E-state index in [1.165, 1.54) is 0 Å². The van der Waals surface area contributed by atoms with Crippen molar-refractivity contribution in [2.24, 2.45) is 5.73 Å². The summed E-state index contributed by atoms with van der Waals surface area (Å²) in [7, 11) is 1.78. The molecule has 0 aromatic carbocycles. The lowest BCUT2D eigenvalue weighted by Gasteiger charge is -2.13. The lowest BCUT2D eigenvalue weighted by atomic mass is 10.2. The van der Waals surface area contributed by atoms with Gasteiger partial charge in [-0.1, -0.05) is 30.9 Å². The summed E-state index contributed by atoms with van der Waals surface area (Å²) in [5, 5.41) is 0. The van der Waals surface area contributed by atoms with Crippen LogP contribution in [-0.2, 0) is 0 Å². The van der Waals surface area contributed by atoms with Crippen LogP contribution in [0.25, 0.3) is 0 Å². The Morgan fingerprint density at radius 2 is 2.25 bits per heavy atom. The fraction of sp³-hybridized carbons (Fsp3) is 0.333. The zero-order valence-corrected chi connectivity index (χ0v) is 7.67. The van der Waals surface area contributed by atoms with Crippen molar-refractivity contribution >= 4 is 0 Å². The van der Waals surface area contributed by atoms with Crippen LogP contribution in [0.15, 0.2) is 36.5 Å². The van der Waals surface area contributed by atoms with Gasteiger partial charge < -0.3 is 5.73 Å². The standard InChI is InChI=1S/C9H17N3/c1-4-6-8(7-5-2)9(10)12-11-3/h4-7,9,11-12H,1,10H2,2-3H3/b7-5-,8-6+. The van der Waals surface area contributed by atoms with Crippen LogP contribution in [0.2, 0.25) is 0 Å². The molecule has 0 bridgehead atoms. The minimum atomic E-state index is -0.204. The second-order valence-electron chi connectivity index (χ2n) is 2.27. The molecule has 1 atom stereocenters. The van der Waals surface area contributed by atoms with Gasteiger partial charge in [-0.3, -0.25) is 5.43 Å². The third-order valence-corrected chi connectivity index (χ3v) is 1.33. The van der Waals surface area contributed by atoms with Gasteiger partial charge in [-0.15, -0.1) is 0 Å². The van der Waals surface area contributed by atoms with E-state index in [1.807, 2.05) is 25.2 Å². The highest BCUT2D eigenvalue weighted by Gasteiger charge is 2.01. The van der Waals surface area contributed by atoms with Crippen molar-refractivity contribution < 1.29 is 0 Å². The molecule has 68 valence electrons. The van der Waals surface area contributed by atoms with E-state index in [4.69, 9.17) is 5.73 Å². The summed E-state index contributed by atoms with van der Waals surface area (Å²) in [4.78, 5) is 0. The molecule has 0 aromatic rings. The summed E-state index contributed by atoms with van der Waals surface area (Å²) in [6, 6.07) is 0. The number of hydrogen-bond donors (Lipinski definition) is 3. The maximum absolute atomic E-state index is 5.76. The van der Waals surface area contributed by atoms with Crippen LogP contribution in [0.1, 0.15) is 6.92 Å². The molecule has 0 aliphatic heterocycles. The SMILES string of the molecule is C=C/C=C(\C=C/C)C(N)NNC. The highest BCUT2D eigenvalue weighted by atomic mass is 15.4. The summed E-state index contributed by atoms with van der Waals surface area (Å²) >= 11 is 0. The predicted octanol–water partition coefficient (Wildman–Crippen LogP) is 0.684. The molecule has 0 heterocycles. The molecule has 12 heavy (non-hydrogen) atoms. The van der Waals surface area contributed by atoms with Crippen molar-refractivity contribution in [3.8, 4) is 0 Å². The van der Waals surface area contributed by atoms with Gasteiger partial charge in [-0.05, 0) is 19.5 Å². The van der Waals surface area contributed by atoms with E-state index in [2.05, 4.69) is 17.4 Å². The molecule has 0 aromatic heterocycles. The highest BCUT2D eigenvalue weighted by Crippen LogP contribution is 1.99. The molecule has 0 saturated heterocycles. The normalized spacial score (nSPS) is 15.1. The topological polar surface area (TPSA) is 50.1 Å². The minimum absolute atomic E-state index is 0.204. The molecule has 0 rings (SSSR count). The molecule has 0 radical (unpaired) electrons. The molecule has 0 aliphatic carbocycles. The number of hydrazine groups is 1. The third-order valence-electron chi connectivity index (χ3n) is 1.33. The van der Waals surface area contributed by atoms with E-state index in [0.717, 1.165) is 5.57 Å². The first-order chi connectivity index (χ1) is 5.76. The van der Waals surface area contributed by atoms with E-state index < -0.39 is 0 Å².